The van der Waals surface area contributed by atoms with Crippen LogP contribution in [-0.4, -0.2) is 78.6 Å². The molecule has 8 nitrogen and oxygen atoms in total. The Morgan fingerprint density at radius 1 is 0.909 bits per heavy atom. The Balaban J connectivity index is 1.55. The predicted octanol–water partition coefficient (Wildman–Crippen LogP) is 4.28. The van der Waals surface area contributed by atoms with Crippen molar-refractivity contribution in [2.45, 2.75) is 55.8 Å². The average molecular weight is 617 g/mol. The number of hydrogen-bond acceptors (Lipinski definition) is 6. The number of hydrogen-bond donors (Lipinski definition) is 2. The molecule has 0 bridgehead atoms. The zero-order valence-electron chi connectivity index (χ0n) is 25.9. The van der Waals surface area contributed by atoms with Gasteiger partial charge in [0.15, 0.2) is 0 Å². The molecule has 3 aromatic rings. The second-order valence-electron chi connectivity index (χ2n) is 11.1. The first-order valence-corrected chi connectivity index (χ1v) is 16.3. The number of likely N-dealkylation sites (N-methyl/N-ethyl adjacent to an activating group) is 1. The fourth-order valence-corrected chi connectivity index (χ4v) is 6.68. The summed E-state index contributed by atoms with van der Waals surface area (Å²) in [5, 5.41) is 5.57. The van der Waals surface area contributed by atoms with Gasteiger partial charge in [0.05, 0.1) is 12.4 Å². The molecule has 3 aromatic carbocycles. The van der Waals surface area contributed by atoms with Crippen LogP contribution in [0.2, 0.25) is 0 Å². The molecule has 9 heteroatoms. The van der Waals surface area contributed by atoms with E-state index >= 15 is 0 Å². The van der Waals surface area contributed by atoms with Crippen molar-refractivity contribution in [2.75, 3.05) is 33.8 Å². The lowest BCUT2D eigenvalue weighted by molar-refractivity contribution is -0.142. The van der Waals surface area contributed by atoms with Gasteiger partial charge in [-0.05, 0) is 35.2 Å². The van der Waals surface area contributed by atoms with Crippen molar-refractivity contribution in [1.82, 2.24) is 20.4 Å². The molecular formula is C35H44N4O4S. The summed E-state index contributed by atoms with van der Waals surface area (Å²) in [5.74, 6) is 0.865. The van der Waals surface area contributed by atoms with E-state index in [1.807, 2.05) is 72.8 Å². The van der Waals surface area contributed by atoms with E-state index in [0.29, 0.717) is 44.8 Å². The minimum atomic E-state index is -0.780. The van der Waals surface area contributed by atoms with Crippen molar-refractivity contribution in [3.63, 3.8) is 0 Å². The van der Waals surface area contributed by atoms with Crippen molar-refractivity contribution in [3.05, 3.63) is 102 Å². The van der Waals surface area contributed by atoms with E-state index in [1.54, 1.807) is 30.8 Å². The normalized spacial score (nSPS) is 16.9. The molecule has 1 aliphatic heterocycles. The van der Waals surface area contributed by atoms with Gasteiger partial charge in [-0.2, -0.15) is 0 Å². The van der Waals surface area contributed by atoms with Crippen LogP contribution in [0.25, 0.3) is 0 Å². The number of amides is 3. The van der Waals surface area contributed by atoms with Crippen LogP contribution in [0.4, 0.5) is 0 Å². The Bertz CT molecular complexity index is 1340. The SMILES string of the molecule is CCCC(SCc1ccc(OC)cc1)C(=O)NC1CN(Cc2ccccc2)CCN(C(Cc2ccccc2)C(=O)NC)C1=O. The Hall–Kier alpha value is -3.82. The van der Waals surface area contributed by atoms with Gasteiger partial charge in [-0.15, -0.1) is 11.8 Å². The number of nitrogens with zero attached hydrogens (tertiary/aromatic N) is 2. The summed E-state index contributed by atoms with van der Waals surface area (Å²) in [5.41, 5.74) is 3.20. The van der Waals surface area contributed by atoms with Crippen molar-refractivity contribution in [2.24, 2.45) is 0 Å². The van der Waals surface area contributed by atoms with Gasteiger partial charge in [-0.3, -0.25) is 19.3 Å². The topological polar surface area (TPSA) is 91.0 Å². The van der Waals surface area contributed by atoms with Gasteiger partial charge in [0.1, 0.15) is 17.8 Å². The minimum Gasteiger partial charge on any atom is -0.497 e. The molecule has 0 saturated carbocycles. The highest BCUT2D eigenvalue weighted by Gasteiger charge is 2.38. The molecule has 1 fully saturated rings. The molecule has 1 aliphatic rings. The molecule has 3 unspecified atom stereocenters. The highest BCUT2D eigenvalue weighted by molar-refractivity contribution is 7.99. The first kappa shape index (κ1) is 33.1. The molecule has 1 saturated heterocycles. The fraction of sp³-hybridized carbons (Fsp3) is 0.400. The molecule has 234 valence electrons. The average Bonchev–Trinajstić information content (AvgIpc) is 3.20. The van der Waals surface area contributed by atoms with E-state index in [0.717, 1.165) is 28.9 Å². The maximum atomic E-state index is 14.2. The van der Waals surface area contributed by atoms with E-state index in [1.165, 1.54) is 0 Å². The van der Waals surface area contributed by atoms with Crippen LogP contribution in [0.3, 0.4) is 0 Å². The number of ether oxygens (including phenoxy) is 1. The summed E-state index contributed by atoms with van der Waals surface area (Å²) in [7, 11) is 3.24. The summed E-state index contributed by atoms with van der Waals surface area (Å²) < 4.78 is 5.27. The lowest BCUT2D eigenvalue weighted by atomic mass is 10.0. The summed E-state index contributed by atoms with van der Waals surface area (Å²) in [6.07, 6.45) is 1.93. The van der Waals surface area contributed by atoms with Crippen molar-refractivity contribution >= 4 is 29.5 Å². The minimum absolute atomic E-state index is 0.148. The Morgan fingerprint density at radius 3 is 2.18 bits per heavy atom. The van der Waals surface area contributed by atoms with Gasteiger partial charge in [0.2, 0.25) is 17.7 Å². The number of carbonyl (C=O) groups is 3. The predicted molar refractivity (Wildman–Crippen MR) is 176 cm³/mol. The van der Waals surface area contributed by atoms with E-state index < -0.39 is 12.1 Å². The highest BCUT2D eigenvalue weighted by Crippen LogP contribution is 2.24. The standard InChI is InChI=1S/C35H44N4O4S/c1-4-11-32(44-25-28-16-18-29(43-3)19-17-28)34(41)37-30-24-38(23-27-14-9-6-10-15-27)20-21-39(35(30)42)31(33(40)36-2)22-26-12-7-5-8-13-26/h5-10,12-19,30-32H,4,11,20-25H2,1-3H3,(H,36,40)(H,37,41). The second kappa shape index (κ2) is 16.9. The first-order chi connectivity index (χ1) is 21.4. The lowest BCUT2D eigenvalue weighted by Gasteiger charge is -2.32. The summed E-state index contributed by atoms with van der Waals surface area (Å²) in [4.78, 5) is 45.1. The molecule has 0 spiro atoms. The van der Waals surface area contributed by atoms with Crippen LogP contribution in [0.1, 0.15) is 36.5 Å². The largest absolute Gasteiger partial charge is 0.497 e. The monoisotopic (exact) mass is 616 g/mol. The van der Waals surface area contributed by atoms with Gasteiger partial charge < -0.3 is 20.3 Å². The summed E-state index contributed by atoms with van der Waals surface area (Å²) in [6, 6.07) is 26.2. The smallest absolute Gasteiger partial charge is 0.247 e. The van der Waals surface area contributed by atoms with Crippen molar-refractivity contribution in [1.29, 1.82) is 0 Å². The number of thioether (sulfide) groups is 1. The molecule has 3 amide bonds. The van der Waals surface area contributed by atoms with E-state index in [-0.39, 0.29) is 23.0 Å². The van der Waals surface area contributed by atoms with Crippen LogP contribution < -0.4 is 15.4 Å². The van der Waals surface area contributed by atoms with Crippen LogP contribution >= 0.6 is 11.8 Å². The van der Waals surface area contributed by atoms with Crippen molar-refractivity contribution in [3.8, 4) is 5.75 Å². The molecule has 0 radical (unpaired) electrons. The Kier molecular flexibility index (Phi) is 12.7. The maximum absolute atomic E-state index is 14.2. The molecule has 4 rings (SSSR count). The van der Waals surface area contributed by atoms with Gasteiger partial charge in [-0.25, -0.2) is 0 Å². The van der Waals surface area contributed by atoms with E-state index in [2.05, 4.69) is 34.6 Å². The number of nitrogens with one attached hydrogen (secondary N) is 2. The number of rotatable bonds is 14. The Morgan fingerprint density at radius 2 is 1.57 bits per heavy atom. The molecule has 0 aliphatic carbocycles. The molecular weight excluding hydrogens is 572 g/mol. The van der Waals surface area contributed by atoms with Gasteiger partial charge >= 0.3 is 0 Å². The van der Waals surface area contributed by atoms with Crippen LogP contribution in [-0.2, 0) is 33.1 Å². The van der Waals surface area contributed by atoms with Crippen LogP contribution in [0.5, 0.6) is 5.75 Å². The molecule has 0 aromatic heterocycles. The molecule has 1 heterocycles. The lowest BCUT2D eigenvalue weighted by Crippen LogP contribution is -2.57. The van der Waals surface area contributed by atoms with Gasteiger partial charge in [-0.1, -0.05) is 86.1 Å². The zero-order valence-corrected chi connectivity index (χ0v) is 26.7. The quantitative estimate of drug-likeness (QED) is 0.281. The number of carbonyl (C=O) groups excluding carboxylic acids is 3. The Labute approximate surface area is 265 Å². The third kappa shape index (κ3) is 9.34. The van der Waals surface area contributed by atoms with Crippen LogP contribution in [0.15, 0.2) is 84.9 Å². The molecule has 2 N–H and O–H groups in total. The van der Waals surface area contributed by atoms with E-state index in [9.17, 15) is 14.4 Å². The second-order valence-corrected chi connectivity index (χ2v) is 12.3. The van der Waals surface area contributed by atoms with Crippen LogP contribution in [0, 0.1) is 0 Å². The van der Waals surface area contributed by atoms with E-state index in [4.69, 9.17) is 4.74 Å². The summed E-state index contributed by atoms with van der Waals surface area (Å²) >= 11 is 1.58. The molecule has 3 atom stereocenters. The first-order valence-electron chi connectivity index (χ1n) is 15.3. The summed E-state index contributed by atoms with van der Waals surface area (Å²) in [6.45, 7) is 4.03. The highest BCUT2D eigenvalue weighted by atomic mass is 32.2. The maximum Gasteiger partial charge on any atom is 0.247 e. The molecule has 44 heavy (non-hydrogen) atoms. The third-order valence-corrected chi connectivity index (χ3v) is 9.25. The zero-order chi connectivity index (χ0) is 31.3. The number of methoxy groups -OCH3 is 1. The number of benzene rings is 3. The van der Waals surface area contributed by atoms with Gasteiger partial charge in [0, 0.05) is 45.4 Å². The van der Waals surface area contributed by atoms with Gasteiger partial charge in [0.25, 0.3) is 0 Å². The third-order valence-electron chi connectivity index (χ3n) is 7.90. The van der Waals surface area contributed by atoms with Crippen molar-refractivity contribution < 1.29 is 19.1 Å². The fourth-order valence-electron chi connectivity index (χ4n) is 5.47.